The van der Waals surface area contributed by atoms with Gasteiger partial charge in [-0.2, -0.15) is 0 Å². The normalized spacial score (nSPS) is 12.0. The van der Waals surface area contributed by atoms with Gasteiger partial charge in [0.05, 0.1) is 0 Å². The summed E-state index contributed by atoms with van der Waals surface area (Å²) in [6.07, 6.45) is 6.42. The smallest absolute Gasteiger partial charge is 0.407 e. The molecular formula is C17H22N2O2. The Balaban J connectivity index is 1.76. The molecule has 1 aromatic carbocycles. The largest absolute Gasteiger partial charge is 0.444 e. The average molecular weight is 286 g/mol. The van der Waals surface area contributed by atoms with Crippen LogP contribution in [0.4, 0.5) is 4.79 Å². The first kappa shape index (κ1) is 15.2. The fraction of sp³-hybridized carbons (Fsp3) is 0.353. The highest BCUT2D eigenvalue weighted by molar-refractivity contribution is 5.81. The second-order valence-electron chi connectivity index (χ2n) is 5.94. The van der Waals surface area contributed by atoms with Crippen LogP contribution in [0.15, 0.2) is 36.5 Å². The van der Waals surface area contributed by atoms with E-state index in [1.165, 1.54) is 5.39 Å². The van der Waals surface area contributed by atoms with Crippen LogP contribution < -0.4 is 5.32 Å². The van der Waals surface area contributed by atoms with Crippen molar-refractivity contribution in [2.45, 2.75) is 32.8 Å². The third-order valence-corrected chi connectivity index (χ3v) is 2.87. The second kappa shape index (κ2) is 6.48. The van der Waals surface area contributed by atoms with Crippen molar-refractivity contribution in [2.75, 3.05) is 6.54 Å². The van der Waals surface area contributed by atoms with E-state index >= 15 is 0 Å². The lowest BCUT2D eigenvalue weighted by Crippen LogP contribution is -2.32. The van der Waals surface area contributed by atoms with Gasteiger partial charge in [-0.25, -0.2) is 4.79 Å². The molecule has 4 heteroatoms. The highest BCUT2D eigenvalue weighted by Crippen LogP contribution is 2.15. The molecule has 0 unspecified atom stereocenters. The van der Waals surface area contributed by atoms with Gasteiger partial charge in [0, 0.05) is 18.3 Å². The number of nitrogens with one attached hydrogen (secondary N) is 2. The van der Waals surface area contributed by atoms with Crippen LogP contribution in [-0.4, -0.2) is 23.2 Å². The van der Waals surface area contributed by atoms with Gasteiger partial charge < -0.3 is 15.0 Å². The Hall–Kier alpha value is -2.23. The van der Waals surface area contributed by atoms with Crippen molar-refractivity contribution in [1.82, 2.24) is 10.3 Å². The van der Waals surface area contributed by atoms with E-state index < -0.39 is 5.60 Å². The van der Waals surface area contributed by atoms with Gasteiger partial charge in [-0.15, -0.1) is 0 Å². The Labute approximate surface area is 125 Å². The summed E-state index contributed by atoms with van der Waals surface area (Å²) in [6.45, 7) is 6.12. The van der Waals surface area contributed by atoms with Crippen LogP contribution in [0.3, 0.4) is 0 Å². The standard InChI is InChI=1S/C17H22N2O2/c1-17(2,3)21-16(20)19-10-5-4-6-13-7-8-14-9-11-18-15(14)12-13/h4,6-9,11-12,18H,5,10H2,1-3H3,(H,19,20). The predicted molar refractivity (Wildman–Crippen MR) is 86.2 cm³/mol. The number of rotatable bonds is 4. The third-order valence-electron chi connectivity index (χ3n) is 2.87. The van der Waals surface area contributed by atoms with Crippen molar-refractivity contribution in [2.24, 2.45) is 0 Å². The van der Waals surface area contributed by atoms with Crippen LogP contribution in [0.25, 0.3) is 17.0 Å². The maximum atomic E-state index is 11.4. The van der Waals surface area contributed by atoms with Gasteiger partial charge in [-0.3, -0.25) is 0 Å². The summed E-state index contributed by atoms with van der Waals surface area (Å²) in [5, 5.41) is 3.94. The molecule has 0 spiro atoms. The maximum Gasteiger partial charge on any atom is 0.407 e. The molecule has 0 aliphatic heterocycles. The van der Waals surface area contributed by atoms with E-state index in [1.54, 1.807) is 0 Å². The van der Waals surface area contributed by atoms with Crippen LogP contribution in [-0.2, 0) is 4.74 Å². The summed E-state index contributed by atoms with van der Waals surface area (Å²) in [4.78, 5) is 14.6. The highest BCUT2D eigenvalue weighted by atomic mass is 16.6. The molecule has 112 valence electrons. The summed E-state index contributed by atoms with van der Waals surface area (Å²) in [5.74, 6) is 0. The lowest BCUT2D eigenvalue weighted by atomic mass is 10.1. The van der Waals surface area contributed by atoms with Crippen molar-refractivity contribution >= 4 is 23.1 Å². The first-order chi connectivity index (χ1) is 9.94. The van der Waals surface area contributed by atoms with Gasteiger partial charge in [-0.1, -0.05) is 24.3 Å². The minimum atomic E-state index is -0.453. The lowest BCUT2D eigenvalue weighted by Gasteiger charge is -2.19. The summed E-state index contributed by atoms with van der Waals surface area (Å²) in [6, 6.07) is 8.32. The molecule has 2 N–H and O–H groups in total. The van der Waals surface area contributed by atoms with Gasteiger partial charge in [0.25, 0.3) is 0 Å². The molecular weight excluding hydrogens is 264 g/mol. The Morgan fingerprint density at radius 2 is 2.14 bits per heavy atom. The quantitative estimate of drug-likeness (QED) is 0.831. The minimum absolute atomic E-state index is 0.372. The van der Waals surface area contributed by atoms with Gasteiger partial charge >= 0.3 is 6.09 Å². The number of amides is 1. The van der Waals surface area contributed by atoms with E-state index in [2.05, 4.69) is 34.6 Å². The lowest BCUT2D eigenvalue weighted by molar-refractivity contribution is 0.0529. The molecule has 0 saturated heterocycles. The van der Waals surface area contributed by atoms with Gasteiger partial charge in [0.15, 0.2) is 0 Å². The number of fused-ring (bicyclic) bond motifs is 1. The van der Waals surface area contributed by atoms with Crippen molar-refractivity contribution in [3.63, 3.8) is 0 Å². The molecule has 1 aromatic heterocycles. The summed E-state index contributed by atoms with van der Waals surface area (Å²) < 4.78 is 5.16. The fourth-order valence-electron chi connectivity index (χ4n) is 1.96. The first-order valence-corrected chi connectivity index (χ1v) is 7.14. The predicted octanol–water partition coefficient (Wildman–Crippen LogP) is 4.10. The number of hydrogen-bond acceptors (Lipinski definition) is 2. The van der Waals surface area contributed by atoms with Gasteiger partial charge in [0.2, 0.25) is 0 Å². The molecule has 0 aliphatic rings. The third kappa shape index (κ3) is 4.99. The number of aromatic amines is 1. The first-order valence-electron chi connectivity index (χ1n) is 7.14. The maximum absolute atomic E-state index is 11.4. The molecule has 0 aliphatic carbocycles. The molecule has 4 nitrogen and oxygen atoms in total. The highest BCUT2D eigenvalue weighted by Gasteiger charge is 2.15. The molecule has 0 saturated carbocycles. The molecule has 0 fully saturated rings. The zero-order chi connectivity index (χ0) is 15.3. The van der Waals surface area contributed by atoms with E-state index in [1.807, 2.05) is 39.1 Å². The summed E-state index contributed by atoms with van der Waals surface area (Å²) in [5.41, 5.74) is 1.82. The topological polar surface area (TPSA) is 54.1 Å². The van der Waals surface area contributed by atoms with E-state index in [-0.39, 0.29) is 6.09 Å². The van der Waals surface area contributed by atoms with Crippen LogP contribution in [0.1, 0.15) is 32.8 Å². The number of carbonyl (C=O) groups is 1. The van der Waals surface area contributed by atoms with E-state index in [9.17, 15) is 4.79 Å². The number of hydrogen-bond donors (Lipinski definition) is 2. The van der Waals surface area contributed by atoms with Crippen molar-refractivity contribution in [3.8, 4) is 0 Å². The van der Waals surface area contributed by atoms with Crippen LogP contribution in [0.2, 0.25) is 0 Å². The zero-order valence-corrected chi connectivity index (χ0v) is 12.8. The van der Waals surface area contributed by atoms with E-state index in [0.717, 1.165) is 17.5 Å². The minimum Gasteiger partial charge on any atom is -0.444 e. The summed E-state index contributed by atoms with van der Waals surface area (Å²) in [7, 11) is 0. The van der Waals surface area contributed by atoms with Crippen molar-refractivity contribution < 1.29 is 9.53 Å². The summed E-state index contributed by atoms with van der Waals surface area (Å²) >= 11 is 0. The molecule has 2 rings (SSSR count). The number of aromatic nitrogens is 1. The fourth-order valence-corrected chi connectivity index (χ4v) is 1.96. The van der Waals surface area contributed by atoms with Gasteiger partial charge in [0.1, 0.15) is 5.60 Å². The second-order valence-corrected chi connectivity index (χ2v) is 5.94. The van der Waals surface area contributed by atoms with Crippen LogP contribution in [0.5, 0.6) is 0 Å². The van der Waals surface area contributed by atoms with Crippen molar-refractivity contribution in [1.29, 1.82) is 0 Å². The van der Waals surface area contributed by atoms with Crippen LogP contribution in [0, 0.1) is 0 Å². The van der Waals surface area contributed by atoms with Crippen molar-refractivity contribution in [3.05, 3.63) is 42.1 Å². The number of benzene rings is 1. The molecule has 1 amide bonds. The number of alkyl carbamates (subject to hydrolysis) is 1. The molecule has 21 heavy (non-hydrogen) atoms. The number of carbonyl (C=O) groups excluding carboxylic acids is 1. The SMILES string of the molecule is CC(C)(C)OC(=O)NCCC=Cc1ccc2cc[nH]c2c1. The van der Waals surface area contributed by atoms with E-state index in [0.29, 0.717) is 6.54 Å². The van der Waals surface area contributed by atoms with Crippen LogP contribution >= 0.6 is 0 Å². The molecule has 0 atom stereocenters. The molecule has 0 bridgehead atoms. The Bertz CT molecular complexity index is 636. The van der Waals surface area contributed by atoms with E-state index in [4.69, 9.17) is 4.74 Å². The Morgan fingerprint density at radius 1 is 1.33 bits per heavy atom. The van der Waals surface area contributed by atoms with Gasteiger partial charge in [-0.05, 0) is 50.3 Å². The Morgan fingerprint density at radius 3 is 2.90 bits per heavy atom. The average Bonchev–Trinajstić information content (AvgIpc) is 2.83. The number of H-pyrrole nitrogens is 1. The molecule has 2 aromatic rings. The number of ether oxygens (including phenoxy) is 1. The molecule has 1 heterocycles. The zero-order valence-electron chi connectivity index (χ0n) is 12.8. The Kier molecular flexibility index (Phi) is 4.68. The molecule has 0 radical (unpaired) electrons. The monoisotopic (exact) mass is 286 g/mol.